The lowest BCUT2D eigenvalue weighted by molar-refractivity contribution is 0.0696. The predicted molar refractivity (Wildman–Crippen MR) is 121 cm³/mol. The van der Waals surface area contributed by atoms with Crippen LogP contribution < -0.4 is 9.80 Å². The number of ketones is 1. The van der Waals surface area contributed by atoms with E-state index in [1.807, 2.05) is 9.80 Å². The molecule has 2 aromatic rings. The van der Waals surface area contributed by atoms with Crippen LogP contribution in [0.25, 0.3) is 0 Å². The molecular weight excluding hydrogens is 429 g/mol. The van der Waals surface area contributed by atoms with E-state index in [2.05, 4.69) is 0 Å². The number of nitrogens with zero attached hydrogens (tertiary/aromatic N) is 3. The number of amides is 1. The molecule has 2 saturated heterocycles. The summed E-state index contributed by atoms with van der Waals surface area (Å²) in [5.41, 5.74) is 1.82. The monoisotopic (exact) mass is 455 g/mol. The number of morpholine rings is 1. The number of anilines is 2. The van der Waals surface area contributed by atoms with Gasteiger partial charge < -0.3 is 24.5 Å². The lowest BCUT2D eigenvalue weighted by atomic mass is 10.0. The predicted octanol–water partition coefficient (Wildman–Crippen LogP) is 2.53. The maximum absolute atomic E-state index is 14.5. The van der Waals surface area contributed by atoms with Crippen molar-refractivity contribution in [3.05, 3.63) is 58.9 Å². The molecule has 0 atom stereocenters. The van der Waals surface area contributed by atoms with Gasteiger partial charge in [0, 0.05) is 50.5 Å². The molecule has 0 aromatic heterocycles. The highest BCUT2D eigenvalue weighted by Crippen LogP contribution is 2.27. The summed E-state index contributed by atoms with van der Waals surface area (Å²) in [4.78, 5) is 42.0. The van der Waals surface area contributed by atoms with Gasteiger partial charge in [-0.05, 0) is 43.3 Å². The van der Waals surface area contributed by atoms with Gasteiger partial charge in [0.1, 0.15) is 5.82 Å². The van der Waals surface area contributed by atoms with Crippen molar-refractivity contribution in [1.29, 1.82) is 0 Å². The van der Waals surface area contributed by atoms with Gasteiger partial charge in [-0.1, -0.05) is 0 Å². The highest BCUT2D eigenvalue weighted by molar-refractivity contribution is 6.02. The number of hydrogen-bond acceptors (Lipinski definition) is 6. The molecule has 0 aliphatic carbocycles. The molecule has 1 N–H and O–H groups in total. The fraction of sp³-hybridized carbons (Fsp3) is 0.375. The number of halogens is 1. The largest absolute Gasteiger partial charge is 0.478 e. The summed E-state index contributed by atoms with van der Waals surface area (Å²) in [6.07, 6.45) is 0. The Morgan fingerprint density at radius 2 is 1.45 bits per heavy atom. The summed E-state index contributed by atoms with van der Waals surface area (Å²) in [7, 11) is 0. The van der Waals surface area contributed by atoms with Gasteiger partial charge in [-0.2, -0.15) is 0 Å². The fourth-order valence-electron chi connectivity index (χ4n) is 4.22. The number of carbonyl (C=O) groups is 3. The Morgan fingerprint density at radius 1 is 0.848 bits per heavy atom. The van der Waals surface area contributed by atoms with Gasteiger partial charge >= 0.3 is 5.97 Å². The molecule has 0 spiro atoms. The maximum atomic E-state index is 14.5. The number of benzene rings is 2. The van der Waals surface area contributed by atoms with Crippen molar-refractivity contribution >= 4 is 29.0 Å². The number of hydrogen-bond donors (Lipinski definition) is 1. The van der Waals surface area contributed by atoms with E-state index in [1.165, 1.54) is 25.1 Å². The average molecular weight is 455 g/mol. The molecule has 9 heteroatoms. The zero-order valence-electron chi connectivity index (χ0n) is 18.4. The number of Topliss-reactive ketones (excluding diaryl/α,β-unsaturated/α-hetero) is 1. The third kappa shape index (κ3) is 4.83. The van der Waals surface area contributed by atoms with Crippen LogP contribution in [0.4, 0.5) is 15.8 Å². The second kappa shape index (κ2) is 9.58. The van der Waals surface area contributed by atoms with Crippen LogP contribution in [0.5, 0.6) is 0 Å². The first-order valence-electron chi connectivity index (χ1n) is 10.9. The Hall–Kier alpha value is -3.46. The summed E-state index contributed by atoms with van der Waals surface area (Å²) in [6, 6.07) is 9.06. The maximum Gasteiger partial charge on any atom is 0.335 e. The van der Waals surface area contributed by atoms with Crippen LogP contribution in [-0.4, -0.2) is 80.1 Å². The SMILES string of the molecule is CC(=O)c1ccc(N2CCN(C(=O)c3cc(C(=O)O)ccc3N3CCOCC3)CC2)c(F)c1. The van der Waals surface area contributed by atoms with Gasteiger partial charge in [0.05, 0.1) is 30.0 Å². The number of rotatable bonds is 5. The number of aromatic carboxylic acids is 1. The summed E-state index contributed by atoms with van der Waals surface area (Å²) in [5, 5.41) is 9.42. The fourth-order valence-corrected chi connectivity index (χ4v) is 4.22. The van der Waals surface area contributed by atoms with Crippen LogP contribution in [0.3, 0.4) is 0 Å². The van der Waals surface area contributed by atoms with Crippen molar-refractivity contribution in [2.75, 3.05) is 62.3 Å². The molecule has 1 amide bonds. The van der Waals surface area contributed by atoms with Crippen molar-refractivity contribution in [2.24, 2.45) is 0 Å². The van der Waals surface area contributed by atoms with E-state index in [0.29, 0.717) is 75.0 Å². The molecule has 0 radical (unpaired) electrons. The van der Waals surface area contributed by atoms with Crippen LogP contribution in [0.2, 0.25) is 0 Å². The van der Waals surface area contributed by atoms with Crippen LogP contribution in [0, 0.1) is 5.82 Å². The Bertz CT molecular complexity index is 1080. The first kappa shape index (κ1) is 22.7. The molecule has 174 valence electrons. The number of piperazine rings is 1. The number of carbonyl (C=O) groups excluding carboxylic acids is 2. The highest BCUT2D eigenvalue weighted by Gasteiger charge is 2.28. The number of carboxylic acid groups (broad SMARTS) is 1. The first-order chi connectivity index (χ1) is 15.8. The molecule has 2 fully saturated rings. The van der Waals surface area contributed by atoms with Crippen molar-refractivity contribution in [3.8, 4) is 0 Å². The Balaban J connectivity index is 1.52. The smallest absolute Gasteiger partial charge is 0.335 e. The van der Waals surface area contributed by atoms with Gasteiger partial charge in [-0.3, -0.25) is 9.59 Å². The van der Waals surface area contributed by atoms with Gasteiger partial charge in [-0.15, -0.1) is 0 Å². The van der Waals surface area contributed by atoms with E-state index in [4.69, 9.17) is 4.74 Å². The lowest BCUT2D eigenvalue weighted by Crippen LogP contribution is -2.49. The third-order valence-corrected chi connectivity index (χ3v) is 6.09. The third-order valence-electron chi connectivity index (χ3n) is 6.09. The minimum Gasteiger partial charge on any atom is -0.478 e. The van der Waals surface area contributed by atoms with Crippen LogP contribution in [-0.2, 0) is 4.74 Å². The minimum absolute atomic E-state index is 0.0571. The molecule has 2 aliphatic rings. The number of ether oxygens (including phenoxy) is 1. The van der Waals surface area contributed by atoms with Gasteiger partial charge in [0.25, 0.3) is 5.91 Å². The molecule has 0 saturated carbocycles. The van der Waals surface area contributed by atoms with E-state index in [9.17, 15) is 23.9 Å². The summed E-state index contributed by atoms with van der Waals surface area (Å²) < 4.78 is 19.9. The zero-order chi connectivity index (χ0) is 23.5. The second-order valence-corrected chi connectivity index (χ2v) is 8.14. The van der Waals surface area contributed by atoms with Gasteiger partial charge in [-0.25, -0.2) is 9.18 Å². The quantitative estimate of drug-likeness (QED) is 0.693. The van der Waals surface area contributed by atoms with E-state index in [-0.39, 0.29) is 17.3 Å². The van der Waals surface area contributed by atoms with Crippen molar-refractivity contribution < 1.29 is 28.6 Å². The molecule has 2 heterocycles. The Morgan fingerprint density at radius 3 is 2.06 bits per heavy atom. The summed E-state index contributed by atoms with van der Waals surface area (Å²) in [6.45, 7) is 5.30. The number of carboxylic acids is 1. The normalized spacial score (nSPS) is 16.6. The van der Waals surface area contributed by atoms with Crippen LogP contribution >= 0.6 is 0 Å². The topological polar surface area (TPSA) is 90.4 Å². The van der Waals surface area contributed by atoms with Crippen molar-refractivity contribution in [2.45, 2.75) is 6.92 Å². The molecule has 0 unspecified atom stereocenters. The van der Waals surface area contributed by atoms with Gasteiger partial charge in [0.15, 0.2) is 5.78 Å². The summed E-state index contributed by atoms with van der Waals surface area (Å²) >= 11 is 0. The molecule has 4 rings (SSSR count). The highest BCUT2D eigenvalue weighted by atomic mass is 19.1. The van der Waals surface area contributed by atoms with E-state index < -0.39 is 11.8 Å². The van der Waals surface area contributed by atoms with Crippen LogP contribution in [0.15, 0.2) is 36.4 Å². The van der Waals surface area contributed by atoms with Crippen molar-refractivity contribution in [1.82, 2.24) is 4.90 Å². The lowest BCUT2D eigenvalue weighted by Gasteiger charge is -2.37. The average Bonchev–Trinajstić information content (AvgIpc) is 2.83. The molecule has 0 bridgehead atoms. The molecule has 33 heavy (non-hydrogen) atoms. The zero-order valence-corrected chi connectivity index (χ0v) is 18.4. The molecule has 2 aromatic carbocycles. The standard InChI is InChI=1S/C24H26FN3O5/c1-16(29)17-2-5-22(20(25)15-17)26-6-8-28(9-7-26)23(30)19-14-18(24(31)32)3-4-21(19)27-10-12-33-13-11-27/h2-5,14-15H,6-13H2,1H3,(H,31,32). The van der Waals surface area contributed by atoms with E-state index in [0.717, 1.165) is 0 Å². The second-order valence-electron chi connectivity index (χ2n) is 8.14. The van der Waals surface area contributed by atoms with Gasteiger partial charge in [0.2, 0.25) is 0 Å². The molecular formula is C24H26FN3O5. The first-order valence-corrected chi connectivity index (χ1v) is 10.9. The van der Waals surface area contributed by atoms with E-state index >= 15 is 0 Å². The van der Waals surface area contributed by atoms with Crippen LogP contribution in [0.1, 0.15) is 38.0 Å². The van der Waals surface area contributed by atoms with Crippen molar-refractivity contribution in [3.63, 3.8) is 0 Å². The molecule has 8 nitrogen and oxygen atoms in total. The molecule has 2 aliphatic heterocycles. The Labute approximate surface area is 191 Å². The Kier molecular flexibility index (Phi) is 6.60. The summed E-state index contributed by atoms with van der Waals surface area (Å²) in [5.74, 6) is -2.00. The minimum atomic E-state index is -1.09. The van der Waals surface area contributed by atoms with E-state index in [1.54, 1.807) is 23.1 Å².